The summed E-state index contributed by atoms with van der Waals surface area (Å²) in [6, 6.07) is 27.9. The van der Waals surface area contributed by atoms with Gasteiger partial charge in [0.2, 0.25) is 5.91 Å². The molecular formula is C29H22BrNO5. The van der Waals surface area contributed by atoms with Crippen molar-refractivity contribution < 1.29 is 23.9 Å². The Morgan fingerprint density at radius 3 is 2.39 bits per heavy atom. The number of fused-ring (bicyclic) bond motifs is 1. The Hall–Kier alpha value is -3.97. The summed E-state index contributed by atoms with van der Waals surface area (Å²) in [6.45, 7) is -0.154. The maximum atomic E-state index is 12.6. The third-order valence-corrected chi connectivity index (χ3v) is 6.62. The van der Waals surface area contributed by atoms with E-state index in [0.717, 1.165) is 21.0 Å². The molecule has 180 valence electrons. The second-order valence-corrected chi connectivity index (χ2v) is 9.43. The van der Waals surface area contributed by atoms with Crippen LogP contribution in [0.2, 0.25) is 0 Å². The number of anilines is 1. The van der Waals surface area contributed by atoms with Crippen molar-refractivity contribution in [2.75, 3.05) is 18.1 Å². The number of hydrogen-bond acceptors (Lipinski definition) is 5. The van der Waals surface area contributed by atoms with Gasteiger partial charge in [0.1, 0.15) is 11.5 Å². The van der Waals surface area contributed by atoms with Crippen molar-refractivity contribution in [3.05, 3.63) is 101 Å². The molecule has 1 aliphatic heterocycles. The number of carbonyl (C=O) groups is 3. The summed E-state index contributed by atoms with van der Waals surface area (Å²) >= 11 is 3.32. The predicted molar refractivity (Wildman–Crippen MR) is 140 cm³/mol. The van der Waals surface area contributed by atoms with Crippen LogP contribution in [0.15, 0.2) is 95.5 Å². The van der Waals surface area contributed by atoms with Crippen LogP contribution in [0, 0.1) is 5.92 Å². The van der Waals surface area contributed by atoms with Gasteiger partial charge in [0.25, 0.3) is 0 Å². The van der Waals surface area contributed by atoms with Gasteiger partial charge in [-0.05, 0) is 47.9 Å². The Balaban J connectivity index is 1.20. The van der Waals surface area contributed by atoms with Crippen LogP contribution in [0.3, 0.4) is 0 Å². The number of ether oxygens (including phenoxy) is 2. The molecule has 0 bridgehead atoms. The first-order valence-electron chi connectivity index (χ1n) is 11.5. The van der Waals surface area contributed by atoms with E-state index in [1.54, 1.807) is 53.4 Å². The number of carbonyl (C=O) groups excluding carboxylic acids is 3. The van der Waals surface area contributed by atoms with Crippen molar-refractivity contribution in [2.45, 2.75) is 6.42 Å². The molecule has 1 heterocycles. The van der Waals surface area contributed by atoms with E-state index in [2.05, 4.69) is 15.9 Å². The van der Waals surface area contributed by atoms with Crippen molar-refractivity contribution in [1.82, 2.24) is 0 Å². The first-order chi connectivity index (χ1) is 17.5. The molecule has 5 rings (SSSR count). The predicted octanol–water partition coefficient (Wildman–Crippen LogP) is 6.17. The number of amides is 1. The Kier molecular flexibility index (Phi) is 6.82. The Morgan fingerprint density at radius 2 is 1.61 bits per heavy atom. The second kappa shape index (κ2) is 10.3. The highest BCUT2D eigenvalue weighted by atomic mass is 79.9. The molecule has 1 atom stereocenters. The Labute approximate surface area is 216 Å². The molecule has 0 N–H and O–H groups in total. The summed E-state index contributed by atoms with van der Waals surface area (Å²) < 4.78 is 12.2. The van der Waals surface area contributed by atoms with Gasteiger partial charge in [0, 0.05) is 34.1 Å². The number of Topliss-reactive ketones (excluding diaryl/α,β-unsaturated/α-hetero) is 1. The number of hydrogen-bond donors (Lipinski definition) is 0. The van der Waals surface area contributed by atoms with Crippen molar-refractivity contribution in [2.24, 2.45) is 5.92 Å². The number of benzene rings is 4. The highest BCUT2D eigenvalue weighted by Crippen LogP contribution is 2.32. The molecule has 0 unspecified atom stereocenters. The molecule has 0 spiro atoms. The Morgan fingerprint density at radius 1 is 0.889 bits per heavy atom. The lowest BCUT2D eigenvalue weighted by molar-refractivity contribution is -0.147. The maximum Gasteiger partial charge on any atom is 0.311 e. The molecule has 1 saturated heterocycles. The Bertz CT molecular complexity index is 1430. The summed E-state index contributed by atoms with van der Waals surface area (Å²) in [5, 5.41) is 2.10. The molecule has 0 saturated carbocycles. The molecule has 1 fully saturated rings. The van der Waals surface area contributed by atoms with Crippen molar-refractivity contribution in [3.63, 3.8) is 0 Å². The van der Waals surface area contributed by atoms with Gasteiger partial charge in [-0.1, -0.05) is 64.5 Å². The van der Waals surface area contributed by atoms with Gasteiger partial charge in [-0.25, -0.2) is 0 Å². The summed E-state index contributed by atoms with van der Waals surface area (Å²) in [6.07, 6.45) is 0.0412. The van der Waals surface area contributed by atoms with Crippen molar-refractivity contribution in [1.29, 1.82) is 0 Å². The van der Waals surface area contributed by atoms with E-state index in [4.69, 9.17) is 9.47 Å². The minimum Gasteiger partial charge on any atom is -0.457 e. The summed E-state index contributed by atoms with van der Waals surface area (Å²) in [5.74, 6) is -0.241. The van der Waals surface area contributed by atoms with Gasteiger partial charge in [0.05, 0.1) is 5.92 Å². The van der Waals surface area contributed by atoms with E-state index < -0.39 is 11.9 Å². The van der Waals surface area contributed by atoms with Gasteiger partial charge in [-0.3, -0.25) is 14.4 Å². The molecule has 6 nitrogen and oxygen atoms in total. The van der Waals surface area contributed by atoms with Gasteiger partial charge < -0.3 is 14.4 Å². The summed E-state index contributed by atoms with van der Waals surface area (Å²) in [5.41, 5.74) is 1.13. The minimum absolute atomic E-state index is 0.0412. The fourth-order valence-corrected chi connectivity index (χ4v) is 4.46. The maximum absolute atomic E-state index is 12.6. The van der Waals surface area contributed by atoms with Crippen LogP contribution < -0.4 is 9.64 Å². The van der Waals surface area contributed by atoms with E-state index >= 15 is 0 Å². The third-order valence-electron chi connectivity index (χ3n) is 6.10. The minimum atomic E-state index is -0.623. The number of ketones is 1. The molecular weight excluding hydrogens is 522 g/mol. The lowest BCUT2D eigenvalue weighted by Crippen LogP contribution is -2.27. The monoisotopic (exact) mass is 543 g/mol. The molecule has 7 heteroatoms. The highest BCUT2D eigenvalue weighted by Gasteiger charge is 2.36. The van der Waals surface area contributed by atoms with Crippen LogP contribution >= 0.6 is 15.9 Å². The standard InChI is InChI=1S/C29H22BrNO5/c30-22-10-8-20(9-11-22)26(32)18-35-29(34)21-16-28(33)31(17-21)23-12-14-24(15-13-23)36-27-7-3-5-19-4-1-2-6-25(19)27/h1-15,21H,16-18H2/t21-/m1/s1. The zero-order valence-electron chi connectivity index (χ0n) is 19.2. The van der Waals surface area contributed by atoms with Gasteiger partial charge in [-0.15, -0.1) is 0 Å². The number of esters is 1. The quantitative estimate of drug-likeness (QED) is 0.206. The van der Waals surface area contributed by atoms with Crippen LogP contribution in [0.4, 0.5) is 5.69 Å². The highest BCUT2D eigenvalue weighted by molar-refractivity contribution is 9.10. The van der Waals surface area contributed by atoms with E-state index in [0.29, 0.717) is 17.0 Å². The molecule has 4 aromatic rings. The largest absolute Gasteiger partial charge is 0.457 e. The normalized spacial score (nSPS) is 15.2. The first-order valence-corrected chi connectivity index (χ1v) is 12.3. The van der Waals surface area contributed by atoms with Gasteiger partial charge >= 0.3 is 5.97 Å². The zero-order chi connectivity index (χ0) is 25.1. The van der Waals surface area contributed by atoms with Crippen LogP contribution in [-0.4, -0.2) is 30.8 Å². The average molecular weight is 544 g/mol. The molecule has 0 radical (unpaired) electrons. The number of nitrogens with zero attached hydrogens (tertiary/aromatic N) is 1. The van der Waals surface area contributed by atoms with Crippen LogP contribution in [-0.2, 0) is 14.3 Å². The van der Waals surface area contributed by atoms with Gasteiger partial charge in [0.15, 0.2) is 12.4 Å². The van der Waals surface area contributed by atoms with Gasteiger partial charge in [-0.2, -0.15) is 0 Å². The summed E-state index contributed by atoms with van der Waals surface area (Å²) in [7, 11) is 0. The van der Waals surface area contributed by atoms with E-state index in [1.165, 1.54) is 0 Å². The molecule has 0 aromatic heterocycles. The molecule has 1 amide bonds. The number of rotatable bonds is 7. The van der Waals surface area contributed by atoms with Crippen molar-refractivity contribution >= 4 is 50.0 Å². The van der Waals surface area contributed by atoms with Crippen molar-refractivity contribution in [3.8, 4) is 11.5 Å². The van der Waals surface area contributed by atoms with E-state index in [-0.39, 0.29) is 31.3 Å². The SMILES string of the molecule is O=C(COC(=O)[C@@H]1CC(=O)N(c2ccc(Oc3cccc4ccccc34)cc2)C1)c1ccc(Br)cc1. The lowest BCUT2D eigenvalue weighted by atomic mass is 10.1. The van der Waals surface area contributed by atoms with Crippen LogP contribution in [0.1, 0.15) is 16.8 Å². The molecule has 0 aliphatic carbocycles. The van der Waals surface area contributed by atoms with E-state index in [1.807, 2.05) is 42.5 Å². The first kappa shape index (κ1) is 23.8. The second-order valence-electron chi connectivity index (χ2n) is 8.52. The fraction of sp³-hybridized carbons (Fsp3) is 0.138. The average Bonchev–Trinajstić information content (AvgIpc) is 3.30. The number of halogens is 1. The third kappa shape index (κ3) is 5.16. The van der Waals surface area contributed by atoms with Crippen LogP contribution in [0.5, 0.6) is 11.5 Å². The fourth-order valence-electron chi connectivity index (χ4n) is 4.19. The smallest absolute Gasteiger partial charge is 0.311 e. The van der Waals surface area contributed by atoms with E-state index in [9.17, 15) is 14.4 Å². The molecule has 1 aliphatic rings. The van der Waals surface area contributed by atoms with Crippen LogP contribution in [0.25, 0.3) is 10.8 Å². The molecule has 36 heavy (non-hydrogen) atoms. The lowest BCUT2D eigenvalue weighted by Gasteiger charge is -2.17. The molecule has 4 aromatic carbocycles. The topological polar surface area (TPSA) is 72.9 Å². The zero-order valence-corrected chi connectivity index (χ0v) is 20.8. The summed E-state index contributed by atoms with van der Waals surface area (Å²) in [4.78, 5) is 39.0.